The van der Waals surface area contributed by atoms with E-state index < -0.39 is 0 Å². The van der Waals surface area contributed by atoms with Gasteiger partial charge in [0.25, 0.3) is 0 Å². The minimum atomic E-state index is -0.162. The first-order valence-electron chi connectivity index (χ1n) is 6.51. The Labute approximate surface area is 99.9 Å². The van der Waals surface area contributed by atoms with Crippen molar-refractivity contribution in [3.63, 3.8) is 0 Å². The molecule has 0 heterocycles. The topological polar surface area (TPSA) is 0 Å². The van der Waals surface area contributed by atoms with E-state index in [0.717, 1.165) is 5.56 Å². The van der Waals surface area contributed by atoms with Crippen LogP contribution in [0.5, 0.6) is 0 Å². The van der Waals surface area contributed by atoms with Crippen molar-refractivity contribution in [2.24, 2.45) is 0 Å². The standard InChI is InChI=1S/C7H7F.C6H12.C2H6/c1-6-3-2-4-7(8)5-6;1-2-4-6-5-3-1;1-2/h2-5H,1H3;1-6H2;1-2H3. The van der Waals surface area contributed by atoms with E-state index >= 15 is 0 Å². The predicted octanol–water partition coefficient (Wildman–Crippen LogP) is 5.50. The maximum absolute atomic E-state index is 12.2. The lowest BCUT2D eigenvalue weighted by Gasteiger charge is -2.05. The molecule has 2 rings (SSSR count). The fourth-order valence-corrected chi connectivity index (χ4v) is 1.67. The molecular weight excluding hydrogens is 199 g/mol. The second kappa shape index (κ2) is 10.7. The van der Waals surface area contributed by atoms with Crippen LogP contribution in [0.1, 0.15) is 57.9 Å². The molecule has 16 heavy (non-hydrogen) atoms. The predicted molar refractivity (Wildman–Crippen MR) is 70.2 cm³/mol. The van der Waals surface area contributed by atoms with Gasteiger partial charge in [-0.05, 0) is 24.6 Å². The quantitative estimate of drug-likeness (QED) is 0.545. The van der Waals surface area contributed by atoms with E-state index in [1.54, 1.807) is 6.07 Å². The molecule has 1 aromatic carbocycles. The zero-order chi connectivity index (χ0) is 12.2. The Balaban J connectivity index is 0.000000251. The van der Waals surface area contributed by atoms with Crippen LogP contribution in [0, 0.1) is 12.7 Å². The molecule has 0 aliphatic heterocycles. The molecule has 0 saturated heterocycles. The fraction of sp³-hybridized carbons (Fsp3) is 0.600. The van der Waals surface area contributed by atoms with Gasteiger partial charge in [0.05, 0.1) is 0 Å². The first-order valence-corrected chi connectivity index (χ1v) is 6.51. The van der Waals surface area contributed by atoms with Crippen LogP contribution >= 0.6 is 0 Å². The molecule has 0 radical (unpaired) electrons. The second-order valence-corrected chi connectivity index (χ2v) is 3.92. The summed E-state index contributed by atoms with van der Waals surface area (Å²) >= 11 is 0. The zero-order valence-electron chi connectivity index (χ0n) is 10.9. The van der Waals surface area contributed by atoms with Gasteiger partial charge in [-0.25, -0.2) is 4.39 Å². The van der Waals surface area contributed by atoms with Crippen molar-refractivity contribution in [2.45, 2.75) is 59.3 Å². The van der Waals surface area contributed by atoms with Crippen molar-refractivity contribution in [1.82, 2.24) is 0 Å². The Morgan fingerprint density at radius 2 is 1.31 bits per heavy atom. The third kappa shape index (κ3) is 8.46. The number of rotatable bonds is 0. The van der Waals surface area contributed by atoms with Gasteiger partial charge in [-0.3, -0.25) is 0 Å². The lowest BCUT2D eigenvalue weighted by atomic mass is 10.0. The van der Waals surface area contributed by atoms with Crippen LogP contribution in [0.15, 0.2) is 24.3 Å². The minimum absolute atomic E-state index is 0.162. The first-order chi connectivity index (χ1) is 7.79. The molecule has 1 fully saturated rings. The van der Waals surface area contributed by atoms with Crippen molar-refractivity contribution in [3.05, 3.63) is 35.6 Å². The van der Waals surface area contributed by atoms with Gasteiger partial charge in [0.15, 0.2) is 0 Å². The molecule has 0 N–H and O–H groups in total. The maximum Gasteiger partial charge on any atom is 0.123 e. The van der Waals surface area contributed by atoms with Gasteiger partial charge >= 0.3 is 0 Å². The van der Waals surface area contributed by atoms with Gasteiger partial charge in [-0.1, -0.05) is 64.5 Å². The molecule has 0 spiro atoms. The number of halogens is 1. The van der Waals surface area contributed by atoms with Crippen molar-refractivity contribution in [3.8, 4) is 0 Å². The molecular formula is C15H25F. The number of aryl methyl sites for hydroxylation is 1. The normalized spacial score (nSPS) is 14.0. The summed E-state index contributed by atoms with van der Waals surface area (Å²) in [6.45, 7) is 5.86. The average Bonchev–Trinajstić information content (AvgIpc) is 2.34. The van der Waals surface area contributed by atoms with E-state index in [1.807, 2.05) is 26.8 Å². The number of benzene rings is 1. The van der Waals surface area contributed by atoms with Crippen LogP contribution in [0.4, 0.5) is 4.39 Å². The summed E-state index contributed by atoms with van der Waals surface area (Å²) in [5, 5.41) is 0. The maximum atomic E-state index is 12.2. The third-order valence-electron chi connectivity index (χ3n) is 2.48. The van der Waals surface area contributed by atoms with E-state index in [1.165, 1.54) is 50.7 Å². The van der Waals surface area contributed by atoms with Gasteiger partial charge in [0, 0.05) is 0 Å². The smallest absolute Gasteiger partial charge is 0.123 e. The number of hydrogen-bond acceptors (Lipinski definition) is 0. The van der Waals surface area contributed by atoms with Gasteiger partial charge in [0.1, 0.15) is 5.82 Å². The highest BCUT2D eigenvalue weighted by atomic mass is 19.1. The van der Waals surface area contributed by atoms with E-state index in [4.69, 9.17) is 0 Å². The molecule has 0 bridgehead atoms. The molecule has 0 atom stereocenters. The Morgan fingerprint density at radius 3 is 1.56 bits per heavy atom. The van der Waals surface area contributed by atoms with Gasteiger partial charge in [-0.2, -0.15) is 0 Å². The summed E-state index contributed by atoms with van der Waals surface area (Å²) in [5.74, 6) is -0.162. The van der Waals surface area contributed by atoms with Crippen LogP contribution < -0.4 is 0 Å². The zero-order valence-corrected chi connectivity index (χ0v) is 10.9. The molecule has 92 valence electrons. The van der Waals surface area contributed by atoms with Crippen molar-refractivity contribution >= 4 is 0 Å². The number of hydrogen-bond donors (Lipinski definition) is 0. The van der Waals surface area contributed by atoms with Gasteiger partial charge in [0.2, 0.25) is 0 Å². The highest BCUT2D eigenvalue weighted by molar-refractivity contribution is 5.13. The third-order valence-corrected chi connectivity index (χ3v) is 2.48. The molecule has 1 aliphatic rings. The summed E-state index contributed by atoms with van der Waals surface area (Å²) in [6, 6.07) is 6.50. The highest BCUT2D eigenvalue weighted by Crippen LogP contribution is 2.15. The molecule has 0 amide bonds. The molecule has 1 aromatic rings. The Kier molecular flexibility index (Phi) is 10.1. The Morgan fingerprint density at radius 1 is 0.875 bits per heavy atom. The summed E-state index contributed by atoms with van der Waals surface area (Å²) in [6.07, 6.45) is 9.00. The molecule has 0 unspecified atom stereocenters. The van der Waals surface area contributed by atoms with E-state index in [-0.39, 0.29) is 5.82 Å². The molecule has 0 aromatic heterocycles. The monoisotopic (exact) mass is 224 g/mol. The summed E-state index contributed by atoms with van der Waals surface area (Å²) in [4.78, 5) is 0. The first kappa shape index (κ1) is 15.2. The molecule has 1 saturated carbocycles. The highest BCUT2D eigenvalue weighted by Gasteiger charge is 1.95. The Bertz CT molecular complexity index is 223. The fourth-order valence-electron chi connectivity index (χ4n) is 1.67. The van der Waals surface area contributed by atoms with E-state index in [9.17, 15) is 4.39 Å². The largest absolute Gasteiger partial charge is 0.207 e. The lowest BCUT2D eigenvalue weighted by molar-refractivity contribution is 0.504. The lowest BCUT2D eigenvalue weighted by Crippen LogP contribution is -1.85. The van der Waals surface area contributed by atoms with Gasteiger partial charge in [-0.15, -0.1) is 0 Å². The van der Waals surface area contributed by atoms with Gasteiger partial charge < -0.3 is 0 Å². The SMILES string of the molecule is C1CCCCC1.CC.Cc1cccc(F)c1. The van der Waals surface area contributed by atoms with Crippen LogP contribution in [0.3, 0.4) is 0 Å². The molecule has 1 heteroatoms. The average molecular weight is 224 g/mol. The Hall–Kier alpha value is -0.850. The van der Waals surface area contributed by atoms with E-state index in [0.29, 0.717) is 0 Å². The second-order valence-electron chi connectivity index (χ2n) is 3.92. The summed E-state index contributed by atoms with van der Waals surface area (Å²) in [7, 11) is 0. The molecule has 0 nitrogen and oxygen atoms in total. The minimum Gasteiger partial charge on any atom is -0.207 e. The molecule has 1 aliphatic carbocycles. The van der Waals surface area contributed by atoms with Crippen molar-refractivity contribution in [1.29, 1.82) is 0 Å². The summed E-state index contributed by atoms with van der Waals surface area (Å²) in [5.41, 5.74) is 0.963. The van der Waals surface area contributed by atoms with Crippen LogP contribution in [0.2, 0.25) is 0 Å². The van der Waals surface area contributed by atoms with Crippen molar-refractivity contribution in [2.75, 3.05) is 0 Å². The summed E-state index contributed by atoms with van der Waals surface area (Å²) < 4.78 is 12.2. The van der Waals surface area contributed by atoms with Crippen LogP contribution in [-0.4, -0.2) is 0 Å². The van der Waals surface area contributed by atoms with Crippen molar-refractivity contribution < 1.29 is 4.39 Å². The van der Waals surface area contributed by atoms with E-state index in [2.05, 4.69) is 0 Å². The van der Waals surface area contributed by atoms with Crippen LogP contribution in [-0.2, 0) is 0 Å². The van der Waals surface area contributed by atoms with Crippen LogP contribution in [0.25, 0.3) is 0 Å².